The van der Waals surface area contributed by atoms with Gasteiger partial charge in [0.2, 0.25) is 0 Å². The van der Waals surface area contributed by atoms with Crippen molar-refractivity contribution in [2.45, 2.75) is 6.54 Å². The van der Waals surface area contributed by atoms with Crippen molar-refractivity contribution in [1.82, 2.24) is 19.3 Å². The van der Waals surface area contributed by atoms with E-state index in [2.05, 4.69) is 10.1 Å². The summed E-state index contributed by atoms with van der Waals surface area (Å²) in [6.07, 6.45) is 3.57. The van der Waals surface area contributed by atoms with Crippen LogP contribution in [0.25, 0.3) is 21.7 Å². The van der Waals surface area contributed by atoms with E-state index in [1.54, 1.807) is 10.9 Å². The summed E-state index contributed by atoms with van der Waals surface area (Å²) >= 11 is 1.44. The quantitative estimate of drug-likeness (QED) is 0.410. The Bertz CT molecular complexity index is 1150. The summed E-state index contributed by atoms with van der Waals surface area (Å²) in [5.41, 5.74) is 2.13. The highest BCUT2D eigenvalue weighted by molar-refractivity contribution is 7.13. The number of aryl methyl sites for hydroxylation is 1. The smallest absolute Gasteiger partial charge is 0.408 e. The van der Waals surface area contributed by atoms with E-state index >= 15 is 0 Å². The molecule has 0 saturated carbocycles. The third kappa shape index (κ3) is 2.72. The maximum absolute atomic E-state index is 12.1. The summed E-state index contributed by atoms with van der Waals surface area (Å²) in [6, 6.07) is 4.06. The number of thiazole rings is 1. The van der Waals surface area contributed by atoms with Crippen molar-refractivity contribution >= 4 is 28.1 Å². The summed E-state index contributed by atoms with van der Waals surface area (Å²) in [4.78, 5) is 27.0. The minimum atomic E-state index is -0.577. The van der Waals surface area contributed by atoms with E-state index in [1.165, 1.54) is 34.1 Å². The molecule has 0 saturated heterocycles. The topological polar surface area (TPSA) is 109 Å². The van der Waals surface area contributed by atoms with Gasteiger partial charge in [-0.05, 0) is 6.07 Å². The van der Waals surface area contributed by atoms with Crippen molar-refractivity contribution in [3.05, 3.63) is 62.3 Å². The Morgan fingerprint density at radius 2 is 2.24 bits per heavy atom. The molecule has 25 heavy (non-hydrogen) atoms. The number of nitro benzene ring substituents is 1. The lowest BCUT2D eigenvalue weighted by molar-refractivity contribution is -0.384. The Labute approximate surface area is 143 Å². The van der Waals surface area contributed by atoms with Gasteiger partial charge in [-0.2, -0.15) is 5.10 Å². The molecule has 1 aromatic carbocycles. The lowest BCUT2D eigenvalue weighted by Gasteiger charge is -1.99. The minimum Gasteiger partial charge on any atom is -0.408 e. The molecule has 0 bridgehead atoms. The first-order valence-corrected chi connectivity index (χ1v) is 8.10. The normalized spacial score (nSPS) is 11.2. The highest BCUT2D eigenvalue weighted by Crippen LogP contribution is 2.25. The molecule has 0 aliphatic carbocycles. The van der Waals surface area contributed by atoms with Crippen LogP contribution in [-0.4, -0.2) is 24.3 Å². The fourth-order valence-electron chi connectivity index (χ4n) is 2.52. The van der Waals surface area contributed by atoms with Gasteiger partial charge in [0.05, 0.1) is 28.9 Å². The molecule has 0 aliphatic rings. The van der Waals surface area contributed by atoms with Gasteiger partial charge in [-0.3, -0.25) is 19.4 Å². The number of fused-ring (bicyclic) bond motifs is 1. The van der Waals surface area contributed by atoms with E-state index in [1.807, 2.05) is 18.6 Å². The van der Waals surface area contributed by atoms with Gasteiger partial charge in [0.1, 0.15) is 5.01 Å². The molecule has 3 aromatic heterocycles. The van der Waals surface area contributed by atoms with E-state index in [0.717, 1.165) is 10.6 Å². The fraction of sp³-hybridized carbons (Fsp3) is 0.133. The van der Waals surface area contributed by atoms with Crippen molar-refractivity contribution in [1.29, 1.82) is 0 Å². The van der Waals surface area contributed by atoms with Crippen LogP contribution >= 0.6 is 11.3 Å². The van der Waals surface area contributed by atoms with E-state index in [4.69, 9.17) is 4.42 Å². The summed E-state index contributed by atoms with van der Waals surface area (Å²) < 4.78 is 8.17. The van der Waals surface area contributed by atoms with Crippen LogP contribution in [0.5, 0.6) is 0 Å². The first-order valence-electron chi connectivity index (χ1n) is 7.22. The summed E-state index contributed by atoms with van der Waals surface area (Å²) in [5.74, 6) is -0.577. The SMILES string of the molecule is Cn1cc(-c2nc(Cn3c(=O)oc4ccc([N+](=O)[O-])cc43)cs2)cn1. The average Bonchev–Trinajstić information content (AvgIpc) is 3.27. The maximum atomic E-state index is 12.1. The van der Waals surface area contributed by atoms with E-state index in [-0.39, 0.29) is 12.2 Å². The zero-order valence-electron chi connectivity index (χ0n) is 12.9. The van der Waals surface area contributed by atoms with Crippen LogP contribution in [0.15, 0.2) is 45.2 Å². The second-order valence-electron chi connectivity index (χ2n) is 5.41. The molecule has 0 spiro atoms. The number of aromatic nitrogens is 4. The molecule has 0 radical (unpaired) electrons. The summed E-state index contributed by atoms with van der Waals surface area (Å²) in [5, 5.41) is 17.7. The predicted molar refractivity (Wildman–Crippen MR) is 90.5 cm³/mol. The van der Waals surface area contributed by atoms with Crippen LogP contribution < -0.4 is 5.76 Å². The maximum Gasteiger partial charge on any atom is 0.420 e. The first-order chi connectivity index (χ1) is 12.0. The zero-order chi connectivity index (χ0) is 17.6. The van der Waals surface area contributed by atoms with Gasteiger partial charge < -0.3 is 4.42 Å². The molecule has 0 fully saturated rings. The standard InChI is InChI=1S/C15H11N5O4S/c1-18-6-9(5-16-18)14-17-10(8-25-14)7-19-12-4-11(20(22)23)2-3-13(12)24-15(19)21/h2-6,8H,7H2,1H3. The number of benzene rings is 1. The molecule has 4 aromatic rings. The Morgan fingerprint density at radius 3 is 2.96 bits per heavy atom. The number of non-ortho nitro benzene ring substituents is 1. The Hall–Kier alpha value is -3.27. The van der Waals surface area contributed by atoms with E-state index in [0.29, 0.717) is 16.8 Å². The van der Waals surface area contributed by atoms with Crippen molar-refractivity contribution in [2.24, 2.45) is 7.05 Å². The average molecular weight is 357 g/mol. The second kappa shape index (κ2) is 5.67. The molecular formula is C15H11N5O4S. The van der Waals surface area contributed by atoms with Gasteiger partial charge in [-0.1, -0.05) is 0 Å². The Morgan fingerprint density at radius 1 is 1.40 bits per heavy atom. The van der Waals surface area contributed by atoms with Crippen molar-refractivity contribution in [3.8, 4) is 10.6 Å². The molecule has 0 aliphatic heterocycles. The number of hydrogen-bond donors (Lipinski definition) is 0. The summed E-state index contributed by atoms with van der Waals surface area (Å²) in [7, 11) is 1.82. The second-order valence-corrected chi connectivity index (χ2v) is 6.27. The van der Waals surface area contributed by atoms with Crippen LogP contribution in [0, 0.1) is 10.1 Å². The van der Waals surface area contributed by atoms with Crippen molar-refractivity contribution in [2.75, 3.05) is 0 Å². The van der Waals surface area contributed by atoms with Gasteiger partial charge in [0.25, 0.3) is 5.69 Å². The summed E-state index contributed by atoms with van der Waals surface area (Å²) in [6.45, 7) is 0.170. The largest absolute Gasteiger partial charge is 0.420 e. The van der Waals surface area contributed by atoms with Crippen LogP contribution in [0.2, 0.25) is 0 Å². The van der Waals surface area contributed by atoms with Crippen molar-refractivity contribution in [3.63, 3.8) is 0 Å². The number of nitro groups is 1. The third-order valence-corrected chi connectivity index (χ3v) is 4.63. The molecule has 4 rings (SSSR count). The predicted octanol–water partition coefficient (Wildman–Crippen LogP) is 2.41. The molecule has 0 N–H and O–H groups in total. The Kier molecular flexibility index (Phi) is 3.46. The lowest BCUT2D eigenvalue weighted by Crippen LogP contribution is -2.15. The Balaban J connectivity index is 1.72. The molecule has 9 nitrogen and oxygen atoms in total. The molecule has 0 amide bonds. The number of oxazole rings is 1. The van der Waals surface area contributed by atoms with Crippen molar-refractivity contribution < 1.29 is 9.34 Å². The minimum absolute atomic E-state index is 0.101. The molecule has 3 heterocycles. The van der Waals surface area contributed by atoms with Gasteiger partial charge in [0.15, 0.2) is 5.58 Å². The first kappa shape index (κ1) is 15.3. The zero-order valence-corrected chi connectivity index (χ0v) is 13.8. The van der Waals surface area contributed by atoms with Gasteiger partial charge in [0, 0.05) is 36.3 Å². The van der Waals surface area contributed by atoms with Crippen LogP contribution in [0.3, 0.4) is 0 Å². The molecular weight excluding hydrogens is 346 g/mol. The van der Waals surface area contributed by atoms with Gasteiger partial charge >= 0.3 is 5.76 Å². The fourth-order valence-corrected chi connectivity index (χ4v) is 3.31. The number of nitrogens with zero attached hydrogens (tertiary/aromatic N) is 5. The molecule has 0 atom stereocenters. The number of rotatable bonds is 4. The van der Waals surface area contributed by atoms with Crippen LogP contribution in [0.4, 0.5) is 5.69 Å². The molecule has 0 unspecified atom stereocenters. The monoisotopic (exact) mass is 357 g/mol. The number of hydrogen-bond acceptors (Lipinski definition) is 7. The van der Waals surface area contributed by atoms with Gasteiger partial charge in [-0.15, -0.1) is 11.3 Å². The highest BCUT2D eigenvalue weighted by atomic mass is 32.1. The highest BCUT2D eigenvalue weighted by Gasteiger charge is 2.16. The van der Waals surface area contributed by atoms with E-state index < -0.39 is 10.7 Å². The molecule has 126 valence electrons. The van der Waals surface area contributed by atoms with E-state index in [9.17, 15) is 14.9 Å². The lowest BCUT2D eigenvalue weighted by atomic mass is 10.3. The third-order valence-electron chi connectivity index (χ3n) is 3.69. The van der Waals surface area contributed by atoms with Crippen LogP contribution in [-0.2, 0) is 13.6 Å². The van der Waals surface area contributed by atoms with Crippen LogP contribution in [0.1, 0.15) is 5.69 Å². The van der Waals surface area contributed by atoms with Gasteiger partial charge in [-0.25, -0.2) is 9.78 Å². The molecule has 10 heteroatoms.